The molecule has 2 rings (SSSR count). The van der Waals surface area contributed by atoms with Crippen molar-refractivity contribution >= 4 is 0 Å². The molecule has 2 fully saturated rings. The zero-order valence-electron chi connectivity index (χ0n) is 10.7. The molecular formula is C13H26N2O. The van der Waals surface area contributed by atoms with Crippen LogP contribution >= 0.6 is 0 Å². The van der Waals surface area contributed by atoms with Crippen LogP contribution in [0.2, 0.25) is 0 Å². The Hall–Kier alpha value is -0.120. The summed E-state index contributed by atoms with van der Waals surface area (Å²) >= 11 is 0. The molecule has 3 heteroatoms. The highest BCUT2D eigenvalue weighted by Crippen LogP contribution is 2.17. The highest BCUT2D eigenvalue weighted by Gasteiger charge is 2.27. The fourth-order valence-corrected chi connectivity index (χ4v) is 2.90. The van der Waals surface area contributed by atoms with Crippen LogP contribution in [0.15, 0.2) is 0 Å². The molecule has 2 atom stereocenters. The standard InChI is InChI=1S/C13H26N2O/c1-11(2)8-12-9-15(6-3-5-14-12)13-4-7-16-10-13/h11-14H,3-10H2,1-2H3. The molecule has 0 aromatic rings. The van der Waals surface area contributed by atoms with Crippen molar-refractivity contribution in [2.45, 2.75) is 45.2 Å². The molecule has 0 aromatic carbocycles. The number of hydrogen-bond donors (Lipinski definition) is 1. The van der Waals surface area contributed by atoms with Crippen molar-refractivity contribution in [3.63, 3.8) is 0 Å². The second-order valence-corrected chi connectivity index (χ2v) is 5.65. The van der Waals surface area contributed by atoms with E-state index >= 15 is 0 Å². The molecule has 2 aliphatic heterocycles. The van der Waals surface area contributed by atoms with Crippen molar-refractivity contribution in [2.75, 3.05) is 32.8 Å². The summed E-state index contributed by atoms with van der Waals surface area (Å²) in [4.78, 5) is 2.65. The summed E-state index contributed by atoms with van der Waals surface area (Å²) in [7, 11) is 0. The molecule has 0 amide bonds. The van der Waals surface area contributed by atoms with Crippen LogP contribution in [0.5, 0.6) is 0 Å². The van der Waals surface area contributed by atoms with E-state index in [0.717, 1.165) is 19.1 Å². The van der Waals surface area contributed by atoms with Crippen LogP contribution in [0.4, 0.5) is 0 Å². The molecule has 0 aliphatic carbocycles. The topological polar surface area (TPSA) is 24.5 Å². The number of rotatable bonds is 3. The molecular weight excluding hydrogens is 200 g/mol. The molecule has 16 heavy (non-hydrogen) atoms. The average molecular weight is 226 g/mol. The van der Waals surface area contributed by atoms with Crippen molar-refractivity contribution in [1.82, 2.24) is 10.2 Å². The zero-order valence-corrected chi connectivity index (χ0v) is 10.7. The van der Waals surface area contributed by atoms with Crippen LogP contribution in [-0.2, 0) is 4.74 Å². The first-order valence-corrected chi connectivity index (χ1v) is 6.81. The highest BCUT2D eigenvalue weighted by atomic mass is 16.5. The summed E-state index contributed by atoms with van der Waals surface area (Å²) < 4.78 is 5.51. The number of hydrogen-bond acceptors (Lipinski definition) is 3. The molecule has 2 unspecified atom stereocenters. The summed E-state index contributed by atoms with van der Waals surface area (Å²) in [5.74, 6) is 0.789. The quantitative estimate of drug-likeness (QED) is 0.789. The average Bonchev–Trinajstić information content (AvgIpc) is 2.66. The van der Waals surface area contributed by atoms with E-state index in [2.05, 4.69) is 24.1 Å². The van der Waals surface area contributed by atoms with Crippen LogP contribution < -0.4 is 5.32 Å². The van der Waals surface area contributed by atoms with Gasteiger partial charge in [0.15, 0.2) is 0 Å². The van der Waals surface area contributed by atoms with E-state index in [1.54, 1.807) is 0 Å². The summed E-state index contributed by atoms with van der Waals surface area (Å²) in [6, 6.07) is 1.37. The van der Waals surface area contributed by atoms with Gasteiger partial charge >= 0.3 is 0 Å². The first kappa shape index (κ1) is 12.3. The minimum absolute atomic E-state index is 0.683. The van der Waals surface area contributed by atoms with Crippen molar-refractivity contribution in [1.29, 1.82) is 0 Å². The maximum absolute atomic E-state index is 5.51. The summed E-state index contributed by atoms with van der Waals surface area (Å²) in [6.07, 6.45) is 3.81. The Balaban J connectivity index is 1.86. The molecule has 94 valence electrons. The Morgan fingerprint density at radius 1 is 1.44 bits per heavy atom. The Bertz CT molecular complexity index is 202. The van der Waals surface area contributed by atoms with Gasteiger partial charge in [-0.3, -0.25) is 4.90 Å². The van der Waals surface area contributed by atoms with Gasteiger partial charge in [-0.2, -0.15) is 0 Å². The fraction of sp³-hybridized carbons (Fsp3) is 1.00. The minimum Gasteiger partial charge on any atom is -0.380 e. The van der Waals surface area contributed by atoms with Crippen LogP contribution in [0, 0.1) is 5.92 Å². The summed E-state index contributed by atoms with van der Waals surface area (Å²) in [5, 5.41) is 3.68. The predicted octanol–water partition coefficient (Wildman–Crippen LogP) is 1.49. The van der Waals surface area contributed by atoms with E-state index in [-0.39, 0.29) is 0 Å². The van der Waals surface area contributed by atoms with Crippen LogP contribution in [0.3, 0.4) is 0 Å². The van der Waals surface area contributed by atoms with Crippen molar-refractivity contribution in [2.24, 2.45) is 5.92 Å². The third kappa shape index (κ3) is 3.44. The predicted molar refractivity (Wildman–Crippen MR) is 66.7 cm³/mol. The lowest BCUT2D eigenvalue weighted by Crippen LogP contribution is -2.43. The van der Waals surface area contributed by atoms with Gasteiger partial charge in [-0.25, -0.2) is 0 Å². The summed E-state index contributed by atoms with van der Waals surface area (Å²) in [5.41, 5.74) is 0. The van der Waals surface area contributed by atoms with Gasteiger partial charge in [-0.15, -0.1) is 0 Å². The number of ether oxygens (including phenoxy) is 1. The van der Waals surface area contributed by atoms with Gasteiger partial charge in [0.1, 0.15) is 0 Å². The zero-order chi connectivity index (χ0) is 11.4. The van der Waals surface area contributed by atoms with Gasteiger partial charge in [0.25, 0.3) is 0 Å². The second-order valence-electron chi connectivity index (χ2n) is 5.65. The van der Waals surface area contributed by atoms with Gasteiger partial charge < -0.3 is 10.1 Å². The van der Waals surface area contributed by atoms with E-state index in [1.165, 1.54) is 38.9 Å². The van der Waals surface area contributed by atoms with Crippen LogP contribution in [0.25, 0.3) is 0 Å². The Labute approximate surface area is 99.5 Å². The maximum Gasteiger partial charge on any atom is 0.0622 e. The molecule has 0 aromatic heterocycles. The third-order valence-electron chi connectivity index (χ3n) is 3.69. The SMILES string of the molecule is CC(C)CC1CN(C2CCOC2)CCCN1. The van der Waals surface area contributed by atoms with Crippen molar-refractivity contribution in [3.05, 3.63) is 0 Å². The van der Waals surface area contributed by atoms with Gasteiger partial charge in [0.2, 0.25) is 0 Å². The first-order valence-electron chi connectivity index (χ1n) is 6.81. The fourth-order valence-electron chi connectivity index (χ4n) is 2.90. The molecule has 0 radical (unpaired) electrons. The third-order valence-corrected chi connectivity index (χ3v) is 3.69. The molecule has 3 nitrogen and oxygen atoms in total. The molecule has 2 heterocycles. The summed E-state index contributed by atoms with van der Waals surface area (Å²) in [6.45, 7) is 10.2. The smallest absolute Gasteiger partial charge is 0.0622 e. The monoisotopic (exact) mass is 226 g/mol. The minimum atomic E-state index is 0.683. The van der Waals surface area contributed by atoms with E-state index in [4.69, 9.17) is 4.74 Å². The van der Waals surface area contributed by atoms with E-state index in [1.807, 2.05) is 0 Å². The molecule has 0 spiro atoms. The van der Waals surface area contributed by atoms with E-state index in [0.29, 0.717) is 12.1 Å². The Kier molecular flexibility index (Phi) is 4.62. The van der Waals surface area contributed by atoms with Crippen LogP contribution in [0.1, 0.15) is 33.1 Å². The second kappa shape index (κ2) is 5.99. The van der Waals surface area contributed by atoms with Crippen LogP contribution in [-0.4, -0.2) is 49.8 Å². The molecule has 2 saturated heterocycles. The van der Waals surface area contributed by atoms with Crippen molar-refractivity contribution in [3.8, 4) is 0 Å². The maximum atomic E-state index is 5.51. The normalized spacial score (nSPS) is 33.2. The van der Waals surface area contributed by atoms with Crippen molar-refractivity contribution < 1.29 is 4.74 Å². The molecule has 2 aliphatic rings. The highest BCUT2D eigenvalue weighted by molar-refractivity contribution is 4.83. The molecule has 1 N–H and O–H groups in total. The van der Waals surface area contributed by atoms with Gasteiger partial charge in [0.05, 0.1) is 6.61 Å². The Morgan fingerprint density at radius 3 is 3.00 bits per heavy atom. The molecule has 0 bridgehead atoms. The van der Waals surface area contributed by atoms with Gasteiger partial charge in [-0.05, 0) is 38.3 Å². The Morgan fingerprint density at radius 2 is 2.31 bits per heavy atom. The van der Waals surface area contributed by atoms with Gasteiger partial charge in [-0.1, -0.05) is 13.8 Å². The lowest BCUT2D eigenvalue weighted by atomic mass is 10.0. The first-order chi connectivity index (χ1) is 7.75. The van der Waals surface area contributed by atoms with E-state index in [9.17, 15) is 0 Å². The lowest BCUT2D eigenvalue weighted by molar-refractivity contribution is 0.140. The van der Waals surface area contributed by atoms with Gasteiger partial charge in [0, 0.05) is 25.2 Å². The number of nitrogens with one attached hydrogen (secondary N) is 1. The largest absolute Gasteiger partial charge is 0.380 e. The number of nitrogens with zero attached hydrogens (tertiary/aromatic N) is 1. The van der Waals surface area contributed by atoms with E-state index < -0.39 is 0 Å². The lowest BCUT2D eigenvalue weighted by Gasteiger charge is -2.29. The molecule has 0 saturated carbocycles.